The van der Waals surface area contributed by atoms with Gasteiger partial charge >= 0.3 is 0 Å². The SMILES string of the molecule is COc1c(NC(=O)c2ccc(C)c(-n3cc(C(=O)NCCc4ccccc4)nn3)c2)cc(C(C)(C)C)cc1NS(C)(=O)=O. The van der Waals surface area contributed by atoms with Crippen LogP contribution in [0, 0.1) is 6.92 Å². The molecule has 0 saturated heterocycles. The molecule has 43 heavy (non-hydrogen) atoms. The van der Waals surface area contributed by atoms with Crippen LogP contribution in [-0.2, 0) is 21.9 Å². The molecule has 226 valence electrons. The highest BCUT2D eigenvalue weighted by Gasteiger charge is 2.23. The minimum atomic E-state index is -3.62. The lowest BCUT2D eigenvalue weighted by atomic mass is 9.86. The van der Waals surface area contributed by atoms with Crippen LogP contribution in [-0.4, -0.2) is 55.1 Å². The fourth-order valence-electron chi connectivity index (χ4n) is 4.38. The number of nitrogens with one attached hydrogen (secondary N) is 3. The summed E-state index contributed by atoms with van der Waals surface area (Å²) < 4.78 is 33.6. The number of carbonyl (C=O) groups excluding carboxylic acids is 2. The van der Waals surface area contributed by atoms with E-state index in [1.54, 1.807) is 30.3 Å². The van der Waals surface area contributed by atoms with Gasteiger partial charge in [0, 0.05) is 12.1 Å². The van der Waals surface area contributed by atoms with Gasteiger partial charge in [0.25, 0.3) is 11.8 Å². The normalized spacial score (nSPS) is 11.6. The summed E-state index contributed by atoms with van der Waals surface area (Å²) in [5.74, 6) is -0.619. The summed E-state index contributed by atoms with van der Waals surface area (Å²) in [5, 5.41) is 13.9. The molecule has 0 aliphatic carbocycles. The maximum absolute atomic E-state index is 13.5. The molecule has 4 aromatic rings. The largest absolute Gasteiger partial charge is 0.492 e. The summed E-state index contributed by atoms with van der Waals surface area (Å²) in [6.45, 7) is 8.25. The van der Waals surface area contributed by atoms with E-state index in [0.717, 1.165) is 22.9 Å². The highest BCUT2D eigenvalue weighted by atomic mass is 32.2. The number of hydrogen-bond acceptors (Lipinski definition) is 7. The zero-order valence-electron chi connectivity index (χ0n) is 25.1. The minimum Gasteiger partial charge on any atom is -0.492 e. The molecule has 0 spiro atoms. The van der Waals surface area contributed by atoms with Gasteiger partial charge in [-0.3, -0.25) is 14.3 Å². The van der Waals surface area contributed by atoms with E-state index in [9.17, 15) is 18.0 Å². The summed E-state index contributed by atoms with van der Waals surface area (Å²) in [4.78, 5) is 26.1. The number of rotatable bonds is 10. The minimum absolute atomic E-state index is 0.150. The second-order valence-corrected chi connectivity index (χ2v) is 13.0. The third kappa shape index (κ3) is 7.98. The number of carbonyl (C=O) groups is 2. The van der Waals surface area contributed by atoms with E-state index in [2.05, 4.69) is 25.7 Å². The van der Waals surface area contributed by atoms with E-state index in [4.69, 9.17) is 4.74 Å². The lowest BCUT2D eigenvalue weighted by Gasteiger charge is -2.24. The molecule has 3 N–H and O–H groups in total. The van der Waals surface area contributed by atoms with Crippen molar-refractivity contribution in [3.8, 4) is 11.4 Å². The summed E-state index contributed by atoms with van der Waals surface area (Å²) in [5.41, 5.74) is 3.91. The predicted octanol–water partition coefficient (Wildman–Crippen LogP) is 4.48. The van der Waals surface area contributed by atoms with Gasteiger partial charge in [-0.2, -0.15) is 0 Å². The fraction of sp³-hybridized carbons (Fsp3) is 0.290. The first-order valence-corrected chi connectivity index (χ1v) is 15.5. The van der Waals surface area contributed by atoms with Crippen LogP contribution in [0.2, 0.25) is 0 Å². The quantitative estimate of drug-likeness (QED) is 0.242. The van der Waals surface area contributed by atoms with Crippen LogP contribution in [0.5, 0.6) is 5.75 Å². The molecule has 4 rings (SSSR count). The lowest BCUT2D eigenvalue weighted by molar-refractivity contribution is 0.0948. The molecule has 0 fully saturated rings. The number of aryl methyl sites for hydroxylation is 1. The maximum atomic E-state index is 13.5. The monoisotopic (exact) mass is 604 g/mol. The molecule has 0 radical (unpaired) electrons. The van der Waals surface area contributed by atoms with Gasteiger partial charge in [-0.15, -0.1) is 5.10 Å². The molecule has 0 unspecified atom stereocenters. The van der Waals surface area contributed by atoms with E-state index in [-0.39, 0.29) is 28.5 Å². The Balaban J connectivity index is 1.56. The van der Waals surface area contributed by atoms with Crippen molar-refractivity contribution in [3.05, 3.63) is 94.8 Å². The Hall–Kier alpha value is -4.71. The number of anilines is 2. The van der Waals surface area contributed by atoms with E-state index >= 15 is 0 Å². The second kappa shape index (κ2) is 12.7. The Bertz CT molecular complexity index is 1740. The van der Waals surface area contributed by atoms with Crippen molar-refractivity contribution in [1.29, 1.82) is 0 Å². The molecule has 2 amide bonds. The smallest absolute Gasteiger partial charge is 0.273 e. The van der Waals surface area contributed by atoms with Gasteiger partial charge in [0.15, 0.2) is 11.4 Å². The predicted molar refractivity (Wildman–Crippen MR) is 167 cm³/mol. The van der Waals surface area contributed by atoms with Crippen LogP contribution in [0.3, 0.4) is 0 Å². The first-order chi connectivity index (χ1) is 20.2. The highest BCUT2D eigenvalue weighted by molar-refractivity contribution is 7.92. The topological polar surface area (TPSA) is 144 Å². The van der Waals surface area contributed by atoms with Gasteiger partial charge in [-0.25, -0.2) is 13.1 Å². The molecule has 0 atom stereocenters. The molecular formula is C31H36N6O5S. The number of aromatic nitrogens is 3. The number of ether oxygens (including phenoxy) is 1. The van der Waals surface area contributed by atoms with E-state index in [1.807, 2.05) is 58.0 Å². The number of hydrogen-bond donors (Lipinski definition) is 3. The van der Waals surface area contributed by atoms with Gasteiger partial charge in [-0.05, 0) is 59.7 Å². The molecule has 11 nitrogen and oxygen atoms in total. The van der Waals surface area contributed by atoms with Crippen LogP contribution < -0.4 is 20.1 Å². The number of benzene rings is 3. The average Bonchev–Trinajstić information content (AvgIpc) is 3.42. The fourth-order valence-corrected chi connectivity index (χ4v) is 4.93. The zero-order chi connectivity index (χ0) is 31.4. The Kier molecular flexibility index (Phi) is 9.19. The van der Waals surface area contributed by atoms with Gasteiger partial charge in [0.2, 0.25) is 10.0 Å². The third-order valence-electron chi connectivity index (χ3n) is 6.69. The van der Waals surface area contributed by atoms with Crippen molar-refractivity contribution in [1.82, 2.24) is 20.3 Å². The summed E-state index contributed by atoms with van der Waals surface area (Å²) in [7, 11) is -2.22. The Morgan fingerprint density at radius 3 is 2.33 bits per heavy atom. The van der Waals surface area contributed by atoms with Crippen LogP contribution in [0.4, 0.5) is 11.4 Å². The lowest BCUT2D eigenvalue weighted by Crippen LogP contribution is -2.26. The maximum Gasteiger partial charge on any atom is 0.273 e. The first-order valence-electron chi connectivity index (χ1n) is 13.6. The standard InChI is InChI=1S/C31H36N6O5S/c1-20-12-13-22(16-27(20)37-19-26(34-36-37)30(39)32-15-14-21-10-8-7-9-11-21)29(38)33-24-17-23(31(2,3)4)18-25(28(24)42-5)35-43(6,40)41/h7-13,16-19,35H,14-15H2,1-6H3,(H,32,39)(H,33,38). The van der Waals surface area contributed by atoms with Crippen LogP contribution in [0.25, 0.3) is 5.69 Å². The van der Waals surface area contributed by atoms with Crippen molar-refractivity contribution < 1.29 is 22.7 Å². The van der Waals surface area contributed by atoms with Crippen molar-refractivity contribution in [2.45, 2.75) is 39.5 Å². The van der Waals surface area contributed by atoms with Crippen molar-refractivity contribution >= 4 is 33.2 Å². The van der Waals surface area contributed by atoms with E-state index < -0.39 is 15.9 Å². The Labute approximate surface area is 251 Å². The molecule has 0 saturated carbocycles. The zero-order valence-corrected chi connectivity index (χ0v) is 25.9. The highest BCUT2D eigenvalue weighted by Crippen LogP contribution is 2.39. The van der Waals surface area contributed by atoms with Gasteiger partial charge in [0.05, 0.1) is 36.6 Å². The molecule has 3 aromatic carbocycles. The molecule has 1 heterocycles. The number of methoxy groups -OCH3 is 1. The first kappa shape index (κ1) is 31.2. The van der Waals surface area contributed by atoms with Crippen molar-refractivity contribution in [2.24, 2.45) is 0 Å². The number of nitrogens with zero attached hydrogens (tertiary/aromatic N) is 3. The number of sulfonamides is 1. The molecule has 0 bridgehead atoms. The van der Waals surface area contributed by atoms with Gasteiger partial charge < -0.3 is 15.4 Å². The molecule has 0 aliphatic rings. The summed E-state index contributed by atoms with van der Waals surface area (Å²) >= 11 is 0. The van der Waals surface area contributed by atoms with Crippen molar-refractivity contribution in [2.75, 3.05) is 29.9 Å². The number of amides is 2. The summed E-state index contributed by atoms with van der Waals surface area (Å²) in [6, 6.07) is 18.4. The van der Waals surface area contributed by atoms with Crippen molar-refractivity contribution in [3.63, 3.8) is 0 Å². The Morgan fingerprint density at radius 2 is 1.67 bits per heavy atom. The van der Waals surface area contributed by atoms with E-state index in [0.29, 0.717) is 29.9 Å². The Morgan fingerprint density at radius 1 is 0.977 bits per heavy atom. The van der Waals surface area contributed by atoms with Gasteiger partial charge in [0.1, 0.15) is 0 Å². The van der Waals surface area contributed by atoms with Crippen LogP contribution >= 0.6 is 0 Å². The molecule has 0 aliphatic heterocycles. The third-order valence-corrected chi connectivity index (χ3v) is 7.28. The molecule has 12 heteroatoms. The van der Waals surface area contributed by atoms with Gasteiger partial charge in [-0.1, -0.05) is 62.4 Å². The summed E-state index contributed by atoms with van der Waals surface area (Å²) in [6.07, 6.45) is 3.25. The molecular weight excluding hydrogens is 568 g/mol. The second-order valence-electron chi connectivity index (χ2n) is 11.2. The average molecular weight is 605 g/mol. The molecule has 1 aromatic heterocycles. The van der Waals surface area contributed by atoms with E-state index in [1.165, 1.54) is 18.0 Å². The van der Waals surface area contributed by atoms with Crippen LogP contribution in [0.15, 0.2) is 66.9 Å². The van der Waals surface area contributed by atoms with Crippen LogP contribution in [0.1, 0.15) is 58.3 Å².